The van der Waals surface area contributed by atoms with Crippen molar-refractivity contribution in [3.8, 4) is 0 Å². The first-order chi connectivity index (χ1) is 10.1. The number of hydrogen-bond acceptors (Lipinski definition) is 2. The highest BCUT2D eigenvalue weighted by atomic mass is 79.9. The summed E-state index contributed by atoms with van der Waals surface area (Å²) in [7, 11) is 0. The summed E-state index contributed by atoms with van der Waals surface area (Å²) in [5.74, 6) is 0.636. The van der Waals surface area contributed by atoms with E-state index in [2.05, 4.69) is 28.2 Å². The van der Waals surface area contributed by atoms with E-state index < -0.39 is 0 Å². The maximum absolute atomic E-state index is 12.7. The molecule has 0 bridgehead atoms. The van der Waals surface area contributed by atoms with Gasteiger partial charge in [0, 0.05) is 23.1 Å². The number of amides is 1. The van der Waals surface area contributed by atoms with Gasteiger partial charge in [-0.3, -0.25) is 4.79 Å². The Kier molecular flexibility index (Phi) is 6.52. The molecule has 0 saturated carbocycles. The van der Waals surface area contributed by atoms with E-state index in [-0.39, 0.29) is 5.91 Å². The average Bonchev–Trinajstić information content (AvgIpc) is 2.50. The van der Waals surface area contributed by atoms with Crippen molar-refractivity contribution in [3.05, 3.63) is 33.3 Å². The summed E-state index contributed by atoms with van der Waals surface area (Å²) < 4.78 is 0.819. The van der Waals surface area contributed by atoms with Crippen molar-refractivity contribution in [1.82, 2.24) is 10.2 Å². The van der Waals surface area contributed by atoms with Gasteiger partial charge in [0.2, 0.25) is 0 Å². The van der Waals surface area contributed by atoms with Gasteiger partial charge in [0.15, 0.2) is 0 Å². The highest BCUT2D eigenvalue weighted by Gasteiger charge is 2.21. The minimum atomic E-state index is 0.0804. The van der Waals surface area contributed by atoms with Crippen LogP contribution in [0.3, 0.4) is 0 Å². The second kappa shape index (κ2) is 8.16. The van der Waals surface area contributed by atoms with Crippen molar-refractivity contribution < 1.29 is 4.79 Å². The summed E-state index contributed by atoms with van der Waals surface area (Å²) in [5.41, 5.74) is 0.667. The molecule has 116 valence electrons. The molecule has 1 amide bonds. The van der Waals surface area contributed by atoms with Crippen molar-refractivity contribution >= 4 is 33.4 Å². The van der Waals surface area contributed by atoms with Crippen LogP contribution in [0.25, 0.3) is 0 Å². The molecule has 1 saturated heterocycles. The molecule has 0 aromatic heterocycles. The third-order valence-corrected chi connectivity index (χ3v) is 5.06. The van der Waals surface area contributed by atoms with E-state index in [0.29, 0.717) is 16.5 Å². The third-order valence-electron chi connectivity index (χ3n) is 3.82. The molecule has 1 aliphatic rings. The molecule has 2 rings (SSSR count). The molecule has 0 radical (unpaired) electrons. The van der Waals surface area contributed by atoms with Crippen LogP contribution in [0.5, 0.6) is 0 Å². The van der Waals surface area contributed by atoms with Crippen molar-refractivity contribution in [3.63, 3.8) is 0 Å². The predicted molar refractivity (Wildman–Crippen MR) is 90.9 cm³/mol. The minimum Gasteiger partial charge on any atom is -0.338 e. The smallest absolute Gasteiger partial charge is 0.253 e. The Hall–Kier alpha value is -0.580. The van der Waals surface area contributed by atoms with E-state index in [9.17, 15) is 4.79 Å². The van der Waals surface area contributed by atoms with Crippen LogP contribution in [0.15, 0.2) is 22.7 Å². The molecule has 1 N–H and O–H groups in total. The van der Waals surface area contributed by atoms with Crippen LogP contribution in [0.4, 0.5) is 0 Å². The van der Waals surface area contributed by atoms with Crippen molar-refractivity contribution in [2.24, 2.45) is 5.92 Å². The number of benzene rings is 1. The molecule has 1 aromatic rings. The van der Waals surface area contributed by atoms with Gasteiger partial charge in [-0.15, -0.1) is 0 Å². The van der Waals surface area contributed by atoms with Crippen LogP contribution >= 0.6 is 27.5 Å². The van der Waals surface area contributed by atoms with Gasteiger partial charge in [-0.05, 0) is 72.4 Å². The lowest BCUT2D eigenvalue weighted by molar-refractivity contribution is 0.0719. The average molecular weight is 374 g/mol. The Morgan fingerprint density at radius 1 is 1.52 bits per heavy atom. The van der Waals surface area contributed by atoms with Crippen LogP contribution in [0.2, 0.25) is 5.02 Å². The summed E-state index contributed by atoms with van der Waals surface area (Å²) in [6.07, 6.45) is 3.36. The summed E-state index contributed by atoms with van der Waals surface area (Å²) in [6.45, 7) is 5.83. The van der Waals surface area contributed by atoms with Gasteiger partial charge in [0.25, 0.3) is 5.91 Å². The number of hydrogen-bond donors (Lipinski definition) is 1. The zero-order chi connectivity index (χ0) is 15.2. The zero-order valence-corrected chi connectivity index (χ0v) is 14.7. The van der Waals surface area contributed by atoms with Crippen molar-refractivity contribution in [1.29, 1.82) is 0 Å². The third kappa shape index (κ3) is 4.70. The maximum atomic E-state index is 12.7. The number of carbonyl (C=O) groups is 1. The topological polar surface area (TPSA) is 32.3 Å². The lowest BCUT2D eigenvalue weighted by Crippen LogP contribution is -2.41. The van der Waals surface area contributed by atoms with Crippen molar-refractivity contribution in [2.45, 2.75) is 26.2 Å². The number of carbonyl (C=O) groups excluding carboxylic acids is 1. The molecular weight excluding hydrogens is 352 g/mol. The second-order valence-electron chi connectivity index (χ2n) is 5.59. The van der Waals surface area contributed by atoms with Gasteiger partial charge in [0.05, 0.1) is 5.02 Å². The maximum Gasteiger partial charge on any atom is 0.253 e. The highest BCUT2D eigenvalue weighted by Crippen LogP contribution is 2.24. The van der Waals surface area contributed by atoms with Crippen LogP contribution in [0, 0.1) is 5.92 Å². The molecule has 0 spiro atoms. The zero-order valence-electron chi connectivity index (χ0n) is 12.4. The molecule has 0 aliphatic carbocycles. The highest BCUT2D eigenvalue weighted by molar-refractivity contribution is 9.10. The van der Waals surface area contributed by atoms with Gasteiger partial charge >= 0.3 is 0 Å². The monoisotopic (exact) mass is 372 g/mol. The standard InChI is InChI=1S/C16H22BrClN2O/c1-2-8-20(11-12-4-3-7-19-10-12)16(21)13-5-6-14(17)15(18)9-13/h5-6,9,12,19H,2-4,7-8,10-11H2,1H3. The van der Waals surface area contributed by atoms with Gasteiger partial charge in [-0.25, -0.2) is 0 Å². The lowest BCUT2D eigenvalue weighted by Gasteiger charge is -2.30. The molecule has 1 atom stereocenters. The van der Waals surface area contributed by atoms with E-state index in [1.54, 1.807) is 6.07 Å². The fourth-order valence-electron chi connectivity index (χ4n) is 2.75. The van der Waals surface area contributed by atoms with Gasteiger partial charge in [-0.1, -0.05) is 18.5 Å². The van der Waals surface area contributed by atoms with Gasteiger partial charge in [-0.2, -0.15) is 0 Å². The summed E-state index contributed by atoms with van der Waals surface area (Å²) in [4.78, 5) is 14.7. The van der Waals surface area contributed by atoms with Gasteiger partial charge in [0.1, 0.15) is 0 Å². The molecular formula is C16H22BrClN2O. The molecule has 1 fully saturated rings. The molecule has 1 unspecified atom stereocenters. The number of piperidine rings is 1. The summed E-state index contributed by atoms with van der Waals surface area (Å²) in [5, 5.41) is 3.99. The Balaban J connectivity index is 2.08. The Morgan fingerprint density at radius 2 is 2.33 bits per heavy atom. The predicted octanol–water partition coefficient (Wildman–Crippen LogP) is 3.95. The Labute approximate surface area is 140 Å². The lowest BCUT2D eigenvalue weighted by atomic mass is 9.98. The van der Waals surface area contributed by atoms with E-state index in [4.69, 9.17) is 11.6 Å². The van der Waals surface area contributed by atoms with Crippen LogP contribution in [-0.2, 0) is 0 Å². The molecule has 5 heteroatoms. The number of rotatable bonds is 5. The fraction of sp³-hybridized carbons (Fsp3) is 0.562. The number of nitrogens with one attached hydrogen (secondary N) is 1. The van der Waals surface area contributed by atoms with Crippen molar-refractivity contribution in [2.75, 3.05) is 26.2 Å². The largest absolute Gasteiger partial charge is 0.338 e. The SMILES string of the molecule is CCCN(CC1CCCNC1)C(=O)c1ccc(Br)c(Cl)c1. The van der Waals surface area contributed by atoms with E-state index in [1.807, 2.05) is 17.0 Å². The van der Waals surface area contributed by atoms with Crippen LogP contribution < -0.4 is 5.32 Å². The molecule has 3 nitrogen and oxygen atoms in total. The molecule has 1 aliphatic heterocycles. The quantitative estimate of drug-likeness (QED) is 0.847. The molecule has 1 heterocycles. The normalized spacial score (nSPS) is 18.5. The summed E-state index contributed by atoms with van der Waals surface area (Å²) in [6, 6.07) is 5.41. The Bertz CT molecular complexity index is 489. The molecule has 21 heavy (non-hydrogen) atoms. The first-order valence-electron chi connectivity index (χ1n) is 7.57. The van der Waals surface area contributed by atoms with Crippen LogP contribution in [0.1, 0.15) is 36.5 Å². The van der Waals surface area contributed by atoms with E-state index in [0.717, 1.165) is 37.1 Å². The first kappa shape index (κ1) is 16.8. The van der Waals surface area contributed by atoms with Crippen LogP contribution in [-0.4, -0.2) is 37.0 Å². The Morgan fingerprint density at radius 3 is 2.95 bits per heavy atom. The number of halogens is 2. The first-order valence-corrected chi connectivity index (χ1v) is 8.74. The second-order valence-corrected chi connectivity index (χ2v) is 6.85. The van der Waals surface area contributed by atoms with E-state index in [1.165, 1.54) is 12.8 Å². The van der Waals surface area contributed by atoms with Gasteiger partial charge < -0.3 is 10.2 Å². The minimum absolute atomic E-state index is 0.0804. The number of nitrogens with zero attached hydrogens (tertiary/aromatic N) is 1. The summed E-state index contributed by atoms with van der Waals surface area (Å²) >= 11 is 9.46. The fourth-order valence-corrected chi connectivity index (χ4v) is 3.18. The molecule has 1 aromatic carbocycles. The van der Waals surface area contributed by atoms with E-state index >= 15 is 0 Å².